The van der Waals surface area contributed by atoms with E-state index in [1.54, 1.807) is 0 Å². The second kappa shape index (κ2) is 5.16. The molecule has 1 aromatic rings. The third-order valence-corrected chi connectivity index (χ3v) is 2.03. The fraction of sp³-hybridized carbons (Fsp3) is 0.222. The molecule has 0 saturated carbocycles. The molecule has 0 atom stereocenters. The van der Waals surface area contributed by atoms with Crippen LogP contribution in [0.2, 0.25) is 5.02 Å². The van der Waals surface area contributed by atoms with E-state index in [0.717, 1.165) is 12.1 Å². The zero-order valence-electron chi connectivity index (χ0n) is 8.79. The number of nitrogens with one attached hydrogen (secondary N) is 2. The summed E-state index contributed by atoms with van der Waals surface area (Å²) in [5.41, 5.74) is -2.18. The molecule has 0 radical (unpaired) electrons. The van der Waals surface area contributed by atoms with Gasteiger partial charge in [0.25, 0.3) is 0 Å². The van der Waals surface area contributed by atoms with Crippen molar-refractivity contribution in [2.24, 2.45) is 0 Å². The van der Waals surface area contributed by atoms with E-state index in [1.807, 2.05) is 0 Å². The molecule has 19 heavy (non-hydrogen) atoms. The molecule has 3 nitrogen and oxygen atoms in total. The van der Waals surface area contributed by atoms with Crippen LogP contribution in [0.15, 0.2) is 18.2 Å². The lowest BCUT2D eigenvalue weighted by Gasteiger charge is -2.15. The number of rotatable bonds is 1. The van der Waals surface area contributed by atoms with Crippen LogP contribution in [0.25, 0.3) is 0 Å². The predicted molar refractivity (Wildman–Crippen MR) is 54.7 cm³/mol. The predicted octanol–water partition coefficient (Wildman–Crippen LogP) is 4.00. The van der Waals surface area contributed by atoms with Gasteiger partial charge in [-0.25, -0.2) is 10.1 Å². The third kappa shape index (κ3) is 4.86. The molecule has 0 heterocycles. The number of alkyl halides is 6. The van der Waals surface area contributed by atoms with Crippen LogP contribution in [0.4, 0.5) is 36.8 Å². The van der Waals surface area contributed by atoms with Crippen molar-refractivity contribution in [3.8, 4) is 0 Å². The van der Waals surface area contributed by atoms with E-state index in [4.69, 9.17) is 11.6 Å². The molecule has 10 heteroatoms. The summed E-state index contributed by atoms with van der Waals surface area (Å²) < 4.78 is 73.1. The molecule has 0 bridgehead atoms. The van der Waals surface area contributed by atoms with Crippen molar-refractivity contribution < 1.29 is 31.1 Å². The number of carbonyl (C=O) groups is 1. The van der Waals surface area contributed by atoms with E-state index < -0.39 is 29.8 Å². The average molecular weight is 307 g/mol. The Morgan fingerprint density at radius 2 is 1.68 bits per heavy atom. The van der Waals surface area contributed by atoms with Crippen LogP contribution < -0.4 is 10.6 Å². The lowest BCUT2D eigenvalue weighted by atomic mass is 10.1. The van der Waals surface area contributed by atoms with Crippen molar-refractivity contribution in [2.75, 3.05) is 5.32 Å². The Morgan fingerprint density at radius 3 is 2.16 bits per heavy atom. The van der Waals surface area contributed by atoms with Crippen LogP contribution in [0.3, 0.4) is 0 Å². The average Bonchev–Trinajstić information content (AvgIpc) is 2.16. The molecule has 0 unspecified atom stereocenters. The summed E-state index contributed by atoms with van der Waals surface area (Å²) in [4.78, 5) is 10.8. The first kappa shape index (κ1) is 15.4. The zero-order valence-corrected chi connectivity index (χ0v) is 9.54. The number of urea groups is 1. The standard InChI is InChI=1S/C9H5ClF6N2O/c10-4-1-2-6(5(3-4)8(11,12)13)17-7(19)18-9(14,15)16/h1-3H,(H2,17,18,19). The summed E-state index contributed by atoms with van der Waals surface area (Å²) in [6.07, 6.45) is -9.92. The Balaban J connectivity index is 2.99. The summed E-state index contributed by atoms with van der Waals surface area (Å²) in [5, 5.41) is 1.69. The highest BCUT2D eigenvalue weighted by molar-refractivity contribution is 6.30. The SMILES string of the molecule is O=C(Nc1ccc(Cl)cc1C(F)(F)F)NC(F)(F)F. The first-order valence-corrected chi connectivity index (χ1v) is 4.89. The number of anilines is 1. The van der Waals surface area contributed by atoms with Gasteiger partial charge in [0, 0.05) is 5.02 Å². The molecule has 0 aromatic heterocycles. The van der Waals surface area contributed by atoms with Crippen LogP contribution in [0.5, 0.6) is 0 Å². The van der Waals surface area contributed by atoms with Crippen molar-refractivity contribution in [1.82, 2.24) is 5.32 Å². The van der Waals surface area contributed by atoms with E-state index in [9.17, 15) is 31.1 Å². The molecule has 2 amide bonds. The van der Waals surface area contributed by atoms with Gasteiger partial charge in [-0.2, -0.15) is 26.3 Å². The number of halogens is 7. The molecule has 1 rings (SSSR count). The topological polar surface area (TPSA) is 41.1 Å². The number of carbonyl (C=O) groups excluding carboxylic acids is 1. The highest BCUT2D eigenvalue weighted by Gasteiger charge is 2.35. The monoisotopic (exact) mass is 306 g/mol. The molecular formula is C9H5ClF6N2O. The first-order valence-electron chi connectivity index (χ1n) is 4.52. The van der Waals surface area contributed by atoms with E-state index in [2.05, 4.69) is 0 Å². The van der Waals surface area contributed by atoms with Crippen LogP contribution in [-0.4, -0.2) is 12.3 Å². The van der Waals surface area contributed by atoms with E-state index in [0.29, 0.717) is 11.4 Å². The molecule has 0 aliphatic rings. The Bertz CT molecular complexity index is 485. The largest absolute Gasteiger partial charge is 0.485 e. The number of hydrogen-bond acceptors (Lipinski definition) is 1. The van der Waals surface area contributed by atoms with Gasteiger partial charge in [-0.1, -0.05) is 11.6 Å². The van der Waals surface area contributed by atoms with Gasteiger partial charge in [-0.3, -0.25) is 0 Å². The number of benzene rings is 1. The molecule has 106 valence electrons. The maximum Gasteiger partial charge on any atom is 0.485 e. The number of amides is 2. The van der Waals surface area contributed by atoms with Gasteiger partial charge < -0.3 is 5.32 Å². The van der Waals surface area contributed by atoms with Crippen LogP contribution >= 0.6 is 11.6 Å². The molecule has 0 aliphatic heterocycles. The number of hydrogen-bond donors (Lipinski definition) is 2. The van der Waals surface area contributed by atoms with E-state index in [-0.39, 0.29) is 5.02 Å². The van der Waals surface area contributed by atoms with Gasteiger partial charge >= 0.3 is 18.5 Å². The highest BCUT2D eigenvalue weighted by Crippen LogP contribution is 2.36. The summed E-state index contributed by atoms with van der Waals surface area (Å²) >= 11 is 5.36. The normalized spacial score (nSPS) is 12.2. The Hall–Kier alpha value is -1.64. The summed E-state index contributed by atoms with van der Waals surface area (Å²) in [6, 6.07) is 0.409. The lowest BCUT2D eigenvalue weighted by molar-refractivity contribution is -0.144. The van der Waals surface area contributed by atoms with Gasteiger partial charge in [-0.15, -0.1) is 0 Å². The summed E-state index contributed by atoms with van der Waals surface area (Å²) in [7, 11) is 0. The van der Waals surface area contributed by atoms with Gasteiger partial charge in [-0.05, 0) is 18.2 Å². The van der Waals surface area contributed by atoms with Crippen LogP contribution in [-0.2, 0) is 6.18 Å². The van der Waals surface area contributed by atoms with E-state index >= 15 is 0 Å². The lowest BCUT2D eigenvalue weighted by Crippen LogP contribution is -2.40. The maximum absolute atomic E-state index is 12.6. The second-order valence-electron chi connectivity index (χ2n) is 3.26. The fourth-order valence-electron chi connectivity index (χ4n) is 1.14. The molecular weight excluding hydrogens is 302 g/mol. The molecule has 0 aliphatic carbocycles. The van der Waals surface area contributed by atoms with Gasteiger partial charge in [0.1, 0.15) is 0 Å². The fourth-order valence-corrected chi connectivity index (χ4v) is 1.31. The Morgan fingerprint density at radius 1 is 1.11 bits per heavy atom. The molecule has 0 fully saturated rings. The van der Waals surface area contributed by atoms with Gasteiger partial charge in [0.05, 0.1) is 11.3 Å². The Labute approximate surface area is 107 Å². The van der Waals surface area contributed by atoms with Crippen molar-refractivity contribution in [3.63, 3.8) is 0 Å². The highest BCUT2D eigenvalue weighted by atomic mass is 35.5. The molecule has 2 N–H and O–H groups in total. The summed E-state index contributed by atoms with van der Waals surface area (Å²) in [6.45, 7) is 0. The second-order valence-corrected chi connectivity index (χ2v) is 3.70. The zero-order chi connectivity index (χ0) is 14.8. The van der Waals surface area contributed by atoms with Crippen molar-refractivity contribution in [1.29, 1.82) is 0 Å². The minimum Gasteiger partial charge on any atom is -0.307 e. The van der Waals surface area contributed by atoms with Gasteiger partial charge in [0.2, 0.25) is 0 Å². The molecule has 1 aromatic carbocycles. The first-order chi connectivity index (χ1) is 8.49. The Kier molecular flexibility index (Phi) is 4.18. The smallest absolute Gasteiger partial charge is 0.307 e. The van der Waals surface area contributed by atoms with Gasteiger partial charge in [0.15, 0.2) is 0 Å². The minimum absolute atomic E-state index is 0.269. The van der Waals surface area contributed by atoms with Crippen LogP contribution in [0.1, 0.15) is 5.56 Å². The van der Waals surface area contributed by atoms with E-state index in [1.165, 1.54) is 5.32 Å². The third-order valence-electron chi connectivity index (χ3n) is 1.79. The van der Waals surface area contributed by atoms with Crippen molar-refractivity contribution in [2.45, 2.75) is 12.5 Å². The van der Waals surface area contributed by atoms with Crippen molar-refractivity contribution >= 4 is 23.3 Å². The quantitative estimate of drug-likeness (QED) is 0.597. The van der Waals surface area contributed by atoms with Crippen molar-refractivity contribution in [3.05, 3.63) is 28.8 Å². The maximum atomic E-state index is 12.6. The minimum atomic E-state index is -5.05. The summed E-state index contributed by atoms with van der Waals surface area (Å²) in [5.74, 6) is 0. The van der Waals surface area contributed by atoms with Crippen LogP contribution in [0, 0.1) is 0 Å². The molecule has 0 spiro atoms. The molecule has 0 saturated heterocycles.